The van der Waals surface area contributed by atoms with Crippen molar-refractivity contribution in [2.24, 2.45) is 0 Å². The zero-order valence-corrected chi connectivity index (χ0v) is 10.4. The third kappa shape index (κ3) is 2.53. The number of rotatable bonds is 3. The molecule has 1 aromatic rings. The summed E-state index contributed by atoms with van der Waals surface area (Å²) in [5.41, 5.74) is 1.63. The second-order valence-electron chi connectivity index (χ2n) is 4.04. The highest BCUT2D eigenvalue weighted by Gasteiger charge is 2.31. The molecule has 5 nitrogen and oxygen atoms in total. The molecule has 0 saturated carbocycles. The van der Waals surface area contributed by atoms with Crippen LogP contribution in [0.2, 0.25) is 0 Å². The van der Waals surface area contributed by atoms with Crippen molar-refractivity contribution in [2.45, 2.75) is 18.6 Å². The number of aryl methyl sites for hydroxylation is 1. The summed E-state index contributed by atoms with van der Waals surface area (Å²) >= 11 is 0.940. The van der Waals surface area contributed by atoms with Crippen LogP contribution in [0.3, 0.4) is 0 Å². The van der Waals surface area contributed by atoms with Crippen LogP contribution in [-0.2, 0) is 11.2 Å². The molecule has 0 radical (unpaired) electrons. The molecular formula is C12H11NO4S. The minimum Gasteiger partial charge on any atom is -0.478 e. The highest BCUT2D eigenvalue weighted by Crippen LogP contribution is 2.23. The lowest BCUT2D eigenvalue weighted by atomic mass is 10.0. The van der Waals surface area contributed by atoms with Gasteiger partial charge in [0.1, 0.15) is 0 Å². The van der Waals surface area contributed by atoms with Gasteiger partial charge in [0.2, 0.25) is 5.91 Å². The SMILES string of the molecule is Cc1ccc(CC2SC(=O)NC2=O)cc1C(=O)O. The number of thioether (sulfide) groups is 1. The Morgan fingerprint density at radius 2 is 2.17 bits per heavy atom. The number of benzene rings is 1. The Hall–Kier alpha value is -1.82. The molecule has 0 aliphatic carbocycles. The minimum atomic E-state index is -0.992. The van der Waals surface area contributed by atoms with Crippen molar-refractivity contribution in [3.8, 4) is 0 Å². The van der Waals surface area contributed by atoms with Crippen LogP contribution in [0, 0.1) is 6.92 Å². The van der Waals surface area contributed by atoms with E-state index in [1.54, 1.807) is 25.1 Å². The molecule has 1 aromatic carbocycles. The normalized spacial score (nSPS) is 18.8. The highest BCUT2D eigenvalue weighted by atomic mass is 32.2. The molecule has 6 heteroatoms. The van der Waals surface area contributed by atoms with E-state index in [1.165, 1.54) is 0 Å². The lowest BCUT2D eigenvalue weighted by molar-refractivity contribution is -0.118. The Morgan fingerprint density at radius 3 is 2.72 bits per heavy atom. The Labute approximate surface area is 108 Å². The lowest BCUT2D eigenvalue weighted by Gasteiger charge is -2.07. The first-order valence-electron chi connectivity index (χ1n) is 5.31. The van der Waals surface area contributed by atoms with Gasteiger partial charge in [0, 0.05) is 0 Å². The number of hydrogen-bond acceptors (Lipinski definition) is 4. The predicted molar refractivity (Wildman–Crippen MR) is 66.8 cm³/mol. The lowest BCUT2D eigenvalue weighted by Crippen LogP contribution is -2.25. The van der Waals surface area contributed by atoms with E-state index in [0.717, 1.165) is 17.3 Å². The van der Waals surface area contributed by atoms with Gasteiger partial charge in [0.25, 0.3) is 5.24 Å². The number of carboxylic acids is 1. The van der Waals surface area contributed by atoms with E-state index in [4.69, 9.17) is 5.11 Å². The summed E-state index contributed by atoms with van der Waals surface area (Å²) in [7, 11) is 0. The van der Waals surface area contributed by atoms with Gasteiger partial charge in [-0.25, -0.2) is 4.79 Å². The van der Waals surface area contributed by atoms with Crippen LogP contribution in [0.5, 0.6) is 0 Å². The average Bonchev–Trinajstić information content (AvgIpc) is 2.60. The van der Waals surface area contributed by atoms with Gasteiger partial charge in [0.15, 0.2) is 0 Å². The van der Waals surface area contributed by atoms with Crippen molar-refractivity contribution in [3.63, 3.8) is 0 Å². The van der Waals surface area contributed by atoms with Crippen molar-refractivity contribution in [1.82, 2.24) is 5.32 Å². The van der Waals surface area contributed by atoms with E-state index in [2.05, 4.69) is 5.32 Å². The van der Waals surface area contributed by atoms with Crippen molar-refractivity contribution < 1.29 is 19.5 Å². The fourth-order valence-corrected chi connectivity index (χ4v) is 2.63. The largest absolute Gasteiger partial charge is 0.478 e. The monoisotopic (exact) mass is 265 g/mol. The Bertz CT molecular complexity index is 541. The smallest absolute Gasteiger partial charge is 0.335 e. The number of carbonyl (C=O) groups excluding carboxylic acids is 2. The van der Waals surface area contributed by atoms with Crippen LogP contribution in [0.25, 0.3) is 0 Å². The first kappa shape index (κ1) is 12.6. The van der Waals surface area contributed by atoms with Gasteiger partial charge < -0.3 is 5.11 Å². The standard InChI is InChI=1S/C12H11NO4S/c1-6-2-3-7(4-8(6)11(15)16)5-9-10(14)13-12(17)18-9/h2-4,9H,5H2,1H3,(H,15,16)(H,13,14,17). The third-order valence-electron chi connectivity index (χ3n) is 2.72. The zero-order chi connectivity index (χ0) is 13.3. The number of nitrogens with one attached hydrogen (secondary N) is 1. The molecule has 0 aromatic heterocycles. The molecule has 94 valence electrons. The molecule has 0 bridgehead atoms. The molecule has 1 fully saturated rings. The van der Waals surface area contributed by atoms with Crippen LogP contribution in [0.15, 0.2) is 18.2 Å². The second-order valence-corrected chi connectivity index (χ2v) is 5.22. The molecular weight excluding hydrogens is 254 g/mol. The summed E-state index contributed by atoms with van der Waals surface area (Å²) in [5.74, 6) is -1.31. The van der Waals surface area contributed by atoms with Gasteiger partial charge in [-0.2, -0.15) is 0 Å². The van der Waals surface area contributed by atoms with E-state index >= 15 is 0 Å². The Morgan fingerprint density at radius 1 is 1.44 bits per heavy atom. The van der Waals surface area contributed by atoms with Gasteiger partial charge in [-0.3, -0.25) is 14.9 Å². The second kappa shape index (κ2) is 4.81. The van der Waals surface area contributed by atoms with E-state index in [9.17, 15) is 14.4 Å². The number of carbonyl (C=O) groups is 3. The number of aromatic carboxylic acids is 1. The van der Waals surface area contributed by atoms with E-state index in [-0.39, 0.29) is 16.7 Å². The molecule has 18 heavy (non-hydrogen) atoms. The summed E-state index contributed by atoms with van der Waals surface area (Å²) in [6.07, 6.45) is 0.350. The third-order valence-corrected chi connectivity index (χ3v) is 3.70. The van der Waals surface area contributed by atoms with E-state index < -0.39 is 11.2 Å². The first-order valence-corrected chi connectivity index (χ1v) is 6.19. The van der Waals surface area contributed by atoms with Crippen LogP contribution in [0.1, 0.15) is 21.5 Å². The van der Waals surface area contributed by atoms with E-state index in [1.807, 2.05) is 0 Å². The van der Waals surface area contributed by atoms with Crippen LogP contribution in [0.4, 0.5) is 4.79 Å². The maximum Gasteiger partial charge on any atom is 0.335 e. The Balaban J connectivity index is 2.20. The molecule has 1 aliphatic heterocycles. The summed E-state index contributed by atoms with van der Waals surface area (Å²) in [4.78, 5) is 33.4. The average molecular weight is 265 g/mol. The maximum atomic E-state index is 11.4. The number of amides is 2. The van der Waals surface area contributed by atoms with Crippen molar-refractivity contribution in [2.75, 3.05) is 0 Å². The minimum absolute atomic E-state index is 0.224. The molecule has 1 unspecified atom stereocenters. The molecule has 2 N–H and O–H groups in total. The van der Waals surface area contributed by atoms with Crippen molar-refractivity contribution >= 4 is 28.9 Å². The zero-order valence-electron chi connectivity index (χ0n) is 9.60. The highest BCUT2D eigenvalue weighted by molar-refractivity contribution is 8.15. The molecule has 0 spiro atoms. The van der Waals surface area contributed by atoms with Crippen molar-refractivity contribution in [1.29, 1.82) is 0 Å². The quantitative estimate of drug-likeness (QED) is 0.867. The predicted octanol–water partition coefficient (Wildman–Crippen LogP) is 1.59. The van der Waals surface area contributed by atoms with Gasteiger partial charge in [-0.1, -0.05) is 23.9 Å². The fourth-order valence-electron chi connectivity index (χ4n) is 1.77. The summed E-state index contributed by atoms with van der Waals surface area (Å²) in [5, 5.41) is 10.4. The maximum absolute atomic E-state index is 11.4. The van der Waals surface area contributed by atoms with Crippen molar-refractivity contribution in [3.05, 3.63) is 34.9 Å². The molecule has 1 aliphatic rings. The first-order chi connectivity index (χ1) is 8.47. The molecule has 2 rings (SSSR count). The Kier molecular flexibility index (Phi) is 3.38. The number of carboxylic acid groups (broad SMARTS) is 1. The van der Waals surface area contributed by atoms with Gasteiger partial charge in [0.05, 0.1) is 10.8 Å². The fraction of sp³-hybridized carbons (Fsp3) is 0.250. The molecule has 1 heterocycles. The van der Waals surface area contributed by atoms with Crippen LogP contribution >= 0.6 is 11.8 Å². The summed E-state index contributed by atoms with van der Waals surface area (Å²) in [6, 6.07) is 5.03. The number of hydrogen-bond donors (Lipinski definition) is 2. The van der Waals surface area contributed by atoms with Gasteiger partial charge in [-0.05, 0) is 30.5 Å². The molecule has 2 amide bonds. The summed E-state index contributed by atoms with van der Waals surface area (Å²) < 4.78 is 0. The number of imide groups is 1. The molecule has 1 saturated heterocycles. The summed E-state index contributed by atoms with van der Waals surface area (Å²) in [6.45, 7) is 1.72. The van der Waals surface area contributed by atoms with E-state index in [0.29, 0.717) is 12.0 Å². The van der Waals surface area contributed by atoms with Gasteiger partial charge in [-0.15, -0.1) is 0 Å². The van der Waals surface area contributed by atoms with Gasteiger partial charge >= 0.3 is 5.97 Å². The van der Waals surface area contributed by atoms with Crippen LogP contribution < -0.4 is 5.32 Å². The molecule has 1 atom stereocenters. The topological polar surface area (TPSA) is 83.5 Å². The van der Waals surface area contributed by atoms with Crippen LogP contribution in [-0.4, -0.2) is 27.5 Å².